The summed E-state index contributed by atoms with van der Waals surface area (Å²) < 4.78 is 5.93. The monoisotopic (exact) mass is 345 g/mol. The molecule has 1 heterocycles. The van der Waals surface area contributed by atoms with Crippen molar-refractivity contribution >= 4 is 5.96 Å². The average molecular weight is 346 g/mol. The van der Waals surface area contributed by atoms with E-state index in [2.05, 4.69) is 62.2 Å². The van der Waals surface area contributed by atoms with Gasteiger partial charge in [-0.3, -0.25) is 4.99 Å². The predicted molar refractivity (Wildman–Crippen MR) is 106 cm³/mol. The molecule has 1 N–H and O–H groups in total. The Kier molecular flexibility index (Phi) is 7.76. The lowest BCUT2D eigenvalue weighted by atomic mass is 9.92. The van der Waals surface area contributed by atoms with Crippen LogP contribution in [0.3, 0.4) is 0 Å². The van der Waals surface area contributed by atoms with E-state index in [1.165, 1.54) is 12.0 Å². The molecule has 4 nitrogen and oxygen atoms in total. The van der Waals surface area contributed by atoms with Crippen LogP contribution in [-0.2, 0) is 11.3 Å². The van der Waals surface area contributed by atoms with E-state index >= 15 is 0 Å². The molecule has 0 aliphatic carbocycles. The quantitative estimate of drug-likeness (QED) is 0.601. The number of hydrogen-bond acceptors (Lipinski definition) is 2. The summed E-state index contributed by atoms with van der Waals surface area (Å²) in [7, 11) is 0. The zero-order valence-electron chi connectivity index (χ0n) is 16.4. The molecule has 0 amide bonds. The van der Waals surface area contributed by atoms with E-state index < -0.39 is 0 Å². The summed E-state index contributed by atoms with van der Waals surface area (Å²) in [5.41, 5.74) is 1.58. The highest BCUT2D eigenvalue weighted by molar-refractivity contribution is 5.80. The molecular formula is C21H35N3O. The molecule has 1 aliphatic heterocycles. The van der Waals surface area contributed by atoms with Gasteiger partial charge in [0.1, 0.15) is 0 Å². The largest absolute Gasteiger partial charge is 0.376 e. The Labute approximate surface area is 153 Å². The van der Waals surface area contributed by atoms with Crippen LogP contribution in [0.2, 0.25) is 0 Å². The molecule has 4 heteroatoms. The third-order valence-electron chi connectivity index (χ3n) is 4.51. The highest BCUT2D eigenvalue weighted by Crippen LogP contribution is 2.20. The number of rotatable bonds is 7. The molecule has 0 saturated carbocycles. The number of nitrogens with one attached hydrogen (secondary N) is 1. The maximum atomic E-state index is 5.93. The Morgan fingerprint density at radius 3 is 2.72 bits per heavy atom. The molecule has 0 spiro atoms. The van der Waals surface area contributed by atoms with Gasteiger partial charge in [0.15, 0.2) is 5.96 Å². The van der Waals surface area contributed by atoms with Gasteiger partial charge in [-0.1, -0.05) is 51.1 Å². The van der Waals surface area contributed by atoms with E-state index in [1.807, 2.05) is 6.07 Å². The van der Waals surface area contributed by atoms with Gasteiger partial charge in [0, 0.05) is 32.1 Å². The van der Waals surface area contributed by atoms with Gasteiger partial charge < -0.3 is 15.0 Å². The van der Waals surface area contributed by atoms with Crippen molar-refractivity contribution in [2.75, 3.05) is 32.8 Å². The normalized spacial score (nSPS) is 18.6. The van der Waals surface area contributed by atoms with E-state index in [1.54, 1.807) is 0 Å². The van der Waals surface area contributed by atoms with Crippen molar-refractivity contribution in [3.63, 3.8) is 0 Å². The summed E-state index contributed by atoms with van der Waals surface area (Å²) >= 11 is 0. The first kappa shape index (κ1) is 19.8. The Balaban J connectivity index is 1.77. The molecule has 1 aromatic rings. The number of guanidine groups is 1. The van der Waals surface area contributed by atoms with Crippen LogP contribution < -0.4 is 5.32 Å². The fraction of sp³-hybridized carbons (Fsp3) is 0.667. The summed E-state index contributed by atoms with van der Waals surface area (Å²) in [6, 6.07) is 10.4. The van der Waals surface area contributed by atoms with E-state index in [0.29, 0.717) is 17.9 Å². The molecule has 1 aliphatic rings. The molecule has 0 bridgehead atoms. The van der Waals surface area contributed by atoms with E-state index in [0.717, 1.165) is 45.2 Å². The van der Waals surface area contributed by atoms with Crippen LogP contribution in [0.25, 0.3) is 0 Å². The summed E-state index contributed by atoms with van der Waals surface area (Å²) in [5.74, 6) is 1.66. The first-order chi connectivity index (χ1) is 12.0. The number of nitrogens with zero attached hydrogens (tertiary/aromatic N) is 2. The Hall–Kier alpha value is -1.55. The molecule has 0 radical (unpaired) electrons. The van der Waals surface area contributed by atoms with Crippen LogP contribution in [0.5, 0.6) is 0 Å². The van der Waals surface area contributed by atoms with Gasteiger partial charge >= 0.3 is 0 Å². The minimum absolute atomic E-state index is 0.333. The van der Waals surface area contributed by atoms with Crippen LogP contribution in [-0.4, -0.2) is 43.6 Å². The molecule has 2 rings (SSSR count). The maximum Gasteiger partial charge on any atom is 0.193 e. The van der Waals surface area contributed by atoms with Crippen molar-refractivity contribution in [2.45, 2.75) is 47.1 Å². The highest BCUT2D eigenvalue weighted by atomic mass is 16.5. The molecule has 0 aromatic heterocycles. The second kappa shape index (κ2) is 9.81. The zero-order chi connectivity index (χ0) is 18.1. The molecular weight excluding hydrogens is 310 g/mol. The molecule has 140 valence electrons. The van der Waals surface area contributed by atoms with Crippen molar-refractivity contribution in [2.24, 2.45) is 16.3 Å². The summed E-state index contributed by atoms with van der Waals surface area (Å²) in [5, 5.41) is 3.45. The number of ether oxygens (including phenoxy) is 1. The lowest BCUT2D eigenvalue weighted by Gasteiger charge is -2.23. The van der Waals surface area contributed by atoms with Gasteiger partial charge in [0.05, 0.1) is 13.2 Å². The number of hydrogen-bond donors (Lipinski definition) is 1. The Bertz CT molecular complexity index is 522. The van der Waals surface area contributed by atoms with Crippen molar-refractivity contribution in [1.29, 1.82) is 0 Å². The number of aliphatic imine (C=N–C) groups is 1. The SMILES string of the molecule is CCNC(=NCCC(C)(C)C)N1CCC(COCc2ccccc2)C1. The first-order valence-corrected chi connectivity index (χ1v) is 9.63. The maximum absolute atomic E-state index is 5.93. The lowest BCUT2D eigenvalue weighted by molar-refractivity contribution is 0.0906. The first-order valence-electron chi connectivity index (χ1n) is 9.63. The molecule has 1 atom stereocenters. The minimum atomic E-state index is 0.333. The van der Waals surface area contributed by atoms with Crippen LogP contribution in [0, 0.1) is 11.3 Å². The number of benzene rings is 1. The molecule has 25 heavy (non-hydrogen) atoms. The lowest BCUT2D eigenvalue weighted by Crippen LogP contribution is -2.40. The molecule has 1 fully saturated rings. The zero-order valence-corrected chi connectivity index (χ0v) is 16.4. The highest BCUT2D eigenvalue weighted by Gasteiger charge is 2.25. The van der Waals surface area contributed by atoms with Crippen LogP contribution in [0.1, 0.15) is 46.1 Å². The summed E-state index contributed by atoms with van der Waals surface area (Å²) in [6.07, 6.45) is 2.29. The molecule has 1 saturated heterocycles. The fourth-order valence-corrected chi connectivity index (χ4v) is 3.00. The average Bonchev–Trinajstić information content (AvgIpc) is 3.03. The topological polar surface area (TPSA) is 36.9 Å². The van der Waals surface area contributed by atoms with Crippen molar-refractivity contribution in [3.8, 4) is 0 Å². The van der Waals surface area contributed by atoms with Crippen LogP contribution in [0.4, 0.5) is 0 Å². The Morgan fingerprint density at radius 1 is 1.28 bits per heavy atom. The fourth-order valence-electron chi connectivity index (χ4n) is 3.00. The van der Waals surface area contributed by atoms with Gasteiger partial charge in [0.25, 0.3) is 0 Å². The van der Waals surface area contributed by atoms with Crippen molar-refractivity contribution in [3.05, 3.63) is 35.9 Å². The second-order valence-electron chi connectivity index (χ2n) is 8.15. The minimum Gasteiger partial charge on any atom is -0.376 e. The standard InChI is InChI=1S/C21H35N3O/c1-5-22-20(23-13-12-21(2,3)4)24-14-11-19(15-24)17-25-16-18-9-7-6-8-10-18/h6-10,19H,5,11-17H2,1-4H3,(H,22,23). The van der Waals surface area contributed by atoms with Crippen LogP contribution in [0.15, 0.2) is 35.3 Å². The number of likely N-dealkylation sites (tertiary alicyclic amines) is 1. The van der Waals surface area contributed by atoms with Gasteiger partial charge in [-0.15, -0.1) is 0 Å². The smallest absolute Gasteiger partial charge is 0.193 e. The van der Waals surface area contributed by atoms with E-state index in [-0.39, 0.29) is 0 Å². The van der Waals surface area contributed by atoms with Gasteiger partial charge in [-0.2, -0.15) is 0 Å². The van der Waals surface area contributed by atoms with Gasteiger partial charge in [0.2, 0.25) is 0 Å². The van der Waals surface area contributed by atoms with Crippen molar-refractivity contribution in [1.82, 2.24) is 10.2 Å². The van der Waals surface area contributed by atoms with E-state index in [4.69, 9.17) is 9.73 Å². The third-order valence-corrected chi connectivity index (χ3v) is 4.51. The van der Waals surface area contributed by atoms with Gasteiger partial charge in [-0.25, -0.2) is 0 Å². The Morgan fingerprint density at radius 2 is 2.04 bits per heavy atom. The summed E-state index contributed by atoms with van der Waals surface area (Å²) in [6.45, 7) is 14.4. The molecule has 1 unspecified atom stereocenters. The third kappa shape index (κ3) is 7.47. The summed E-state index contributed by atoms with van der Waals surface area (Å²) in [4.78, 5) is 7.23. The van der Waals surface area contributed by atoms with E-state index in [9.17, 15) is 0 Å². The van der Waals surface area contributed by atoms with Crippen molar-refractivity contribution < 1.29 is 4.74 Å². The van der Waals surface area contributed by atoms with Gasteiger partial charge in [-0.05, 0) is 30.7 Å². The predicted octanol–water partition coefficient (Wildman–Crippen LogP) is 3.93. The van der Waals surface area contributed by atoms with Crippen LogP contribution >= 0.6 is 0 Å². The second-order valence-corrected chi connectivity index (χ2v) is 8.15. The molecule has 1 aromatic carbocycles.